The van der Waals surface area contributed by atoms with Crippen molar-refractivity contribution < 1.29 is 14.4 Å². The van der Waals surface area contributed by atoms with Gasteiger partial charge in [0.1, 0.15) is 16.8 Å². The average molecular weight is 488 g/mol. The predicted octanol–water partition coefficient (Wildman–Crippen LogP) is 6.04. The van der Waals surface area contributed by atoms with Crippen LogP contribution in [-0.2, 0) is 0 Å². The Morgan fingerprint density at radius 2 is 1.25 bits per heavy atom. The molecular weight excluding hydrogens is 466 g/mol. The number of rotatable bonds is 3. The summed E-state index contributed by atoms with van der Waals surface area (Å²) in [5, 5.41) is -0.523. The summed E-state index contributed by atoms with van der Waals surface area (Å²) in [5.41, 5.74) is 1.79. The summed E-state index contributed by atoms with van der Waals surface area (Å²) in [6, 6.07) is 33.1. The van der Waals surface area contributed by atoms with Crippen molar-refractivity contribution in [1.82, 2.24) is 0 Å². The van der Waals surface area contributed by atoms with Crippen LogP contribution in [-0.4, -0.2) is 28.8 Å². The van der Waals surface area contributed by atoms with E-state index in [4.69, 9.17) is 0 Å². The topological polar surface area (TPSA) is 54.5 Å². The number of para-hydroxylation sites is 1. The Kier molecular flexibility index (Phi) is 4.60. The second-order valence-electron chi connectivity index (χ2n) is 9.48. The van der Waals surface area contributed by atoms with Crippen LogP contribution in [0.25, 0.3) is 0 Å². The van der Waals surface area contributed by atoms with Crippen molar-refractivity contribution in [2.45, 2.75) is 22.2 Å². The zero-order chi connectivity index (χ0) is 24.4. The van der Waals surface area contributed by atoms with Crippen LogP contribution in [0.1, 0.15) is 42.6 Å². The van der Waals surface area contributed by atoms with Crippen LogP contribution in [0, 0.1) is 5.41 Å². The van der Waals surface area contributed by atoms with Gasteiger partial charge in [-0.15, -0.1) is 0 Å². The fourth-order valence-corrected chi connectivity index (χ4v) is 7.93. The third kappa shape index (κ3) is 2.64. The molecule has 0 radical (unpaired) electrons. The van der Waals surface area contributed by atoms with E-state index < -0.39 is 22.7 Å². The molecule has 1 aliphatic carbocycles. The molecule has 0 saturated carbocycles. The molecule has 36 heavy (non-hydrogen) atoms. The van der Waals surface area contributed by atoms with Gasteiger partial charge < -0.3 is 4.90 Å². The molecular formula is C31H21NO3S. The Hall–Kier alpha value is -3.96. The molecule has 3 aliphatic rings. The van der Waals surface area contributed by atoms with Gasteiger partial charge in [0.05, 0.1) is 5.69 Å². The fourth-order valence-electron chi connectivity index (χ4n) is 6.34. The molecule has 5 heteroatoms. The van der Waals surface area contributed by atoms with Gasteiger partial charge in [-0.1, -0.05) is 109 Å². The maximum atomic E-state index is 14.4. The Bertz CT molecular complexity index is 1510. The molecule has 174 valence electrons. The second-order valence-corrected chi connectivity index (χ2v) is 10.6. The lowest BCUT2D eigenvalue weighted by Gasteiger charge is -2.32. The number of hydrogen-bond donors (Lipinski definition) is 0. The van der Waals surface area contributed by atoms with E-state index in [1.54, 1.807) is 24.3 Å². The van der Waals surface area contributed by atoms with Gasteiger partial charge in [0.15, 0.2) is 17.3 Å². The molecule has 0 bridgehead atoms. The number of nitrogens with zero attached hydrogens (tertiary/aromatic N) is 1. The van der Waals surface area contributed by atoms with Crippen molar-refractivity contribution in [2.75, 3.05) is 4.90 Å². The number of carbonyl (C=O) groups is 3. The third-order valence-electron chi connectivity index (χ3n) is 7.78. The summed E-state index contributed by atoms with van der Waals surface area (Å²) < 4.78 is 0. The van der Waals surface area contributed by atoms with E-state index >= 15 is 0 Å². The highest BCUT2D eigenvalue weighted by Crippen LogP contribution is 2.66. The lowest BCUT2D eigenvalue weighted by atomic mass is 9.67. The molecule has 4 nitrogen and oxygen atoms in total. The molecule has 7 rings (SSSR count). The monoisotopic (exact) mass is 487 g/mol. The number of ketones is 3. The predicted molar refractivity (Wildman–Crippen MR) is 140 cm³/mol. The van der Waals surface area contributed by atoms with E-state index in [0.717, 1.165) is 16.1 Å². The van der Waals surface area contributed by atoms with Gasteiger partial charge in [0, 0.05) is 27.5 Å². The summed E-state index contributed by atoms with van der Waals surface area (Å²) in [4.78, 5) is 46.3. The van der Waals surface area contributed by atoms with Crippen molar-refractivity contribution in [2.24, 2.45) is 5.41 Å². The minimum Gasteiger partial charge on any atom is -0.346 e. The molecule has 1 spiro atoms. The highest BCUT2D eigenvalue weighted by atomic mass is 32.2. The SMILES string of the molecule is O=C(c1ccccc1)[C@@H]1[C@H](c2ccccc2)C2(C(=O)c3ccccc3C2=O)[C@@H]2Sc3ccccc3N12. The van der Waals surface area contributed by atoms with Gasteiger partial charge in [-0.25, -0.2) is 0 Å². The molecule has 0 unspecified atom stereocenters. The van der Waals surface area contributed by atoms with Crippen LogP contribution in [0.15, 0.2) is 114 Å². The number of benzene rings is 4. The lowest BCUT2D eigenvalue weighted by Crippen LogP contribution is -2.45. The van der Waals surface area contributed by atoms with E-state index in [-0.39, 0.29) is 17.3 Å². The van der Waals surface area contributed by atoms with Gasteiger partial charge in [0.25, 0.3) is 0 Å². The van der Waals surface area contributed by atoms with Gasteiger partial charge in [0.2, 0.25) is 0 Å². The normalized spacial score (nSPS) is 23.0. The minimum absolute atomic E-state index is 0.0832. The smallest absolute Gasteiger partial charge is 0.185 e. The van der Waals surface area contributed by atoms with Crippen molar-refractivity contribution in [3.05, 3.63) is 131 Å². The first-order valence-electron chi connectivity index (χ1n) is 12.0. The number of Topliss-reactive ketones (excluding diaryl/α,β-unsaturated/α-hetero) is 3. The van der Waals surface area contributed by atoms with Crippen LogP contribution in [0.2, 0.25) is 0 Å². The van der Waals surface area contributed by atoms with Crippen molar-refractivity contribution >= 4 is 34.8 Å². The summed E-state index contributed by atoms with van der Waals surface area (Å²) in [5.74, 6) is -1.09. The van der Waals surface area contributed by atoms with E-state index in [1.807, 2.05) is 84.9 Å². The van der Waals surface area contributed by atoms with Crippen LogP contribution >= 0.6 is 11.8 Å². The maximum absolute atomic E-state index is 14.4. The van der Waals surface area contributed by atoms with Gasteiger partial charge >= 0.3 is 0 Å². The number of thioether (sulfide) groups is 1. The van der Waals surface area contributed by atoms with Crippen LogP contribution in [0.3, 0.4) is 0 Å². The molecule has 4 aromatic carbocycles. The Labute approximate surface area is 213 Å². The largest absolute Gasteiger partial charge is 0.346 e. The first-order valence-corrected chi connectivity index (χ1v) is 12.9. The molecule has 2 heterocycles. The fraction of sp³-hybridized carbons (Fsp3) is 0.129. The maximum Gasteiger partial charge on any atom is 0.185 e. The molecule has 1 saturated heterocycles. The summed E-state index contributed by atoms with van der Waals surface area (Å²) in [6.07, 6.45) is 0. The van der Waals surface area contributed by atoms with Gasteiger partial charge in [-0.2, -0.15) is 0 Å². The van der Waals surface area contributed by atoms with Crippen LogP contribution < -0.4 is 4.90 Å². The number of fused-ring (bicyclic) bond motifs is 5. The Morgan fingerprint density at radius 3 is 1.92 bits per heavy atom. The van der Waals surface area contributed by atoms with Crippen molar-refractivity contribution in [3.63, 3.8) is 0 Å². The molecule has 3 atom stereocenters. The highest BCUT2D eigenvalue weighted by Gasteiger charge is 2.73. The lowest BCUT2D eigenvalue weighted by molar-refractivity contribution is 0.0680. The number of carbonyl (C=O) groups excluding carboxylic acids is 3. The summed E-state index contributed by atoms with van der Waals surface area (Å²) in [7, 11) is 0. The highest BCUT2D eigenvalue weighted by molar-refractivity contribution is 8.00. The first-order chi connectivity index (χ1) is 17.6. The quantitative estimate of drug-likeness (QED) is 0.261. The zero-order valence-electron chi connectivity index (χ0n) is 19.2. The second kappa shape index (κ2) is 7.77. The zero-order valence-corrected chi connectivity index (χ0v) is 20.0. The van der Waals surface area contributed by atoms with E-state index in [2.05, 4.69) is 4.90 Å². The molecule has 0 aromatic heterocycles. The summed E-state index contributed by atoms with van der Waals surface area (Å²) in [6.45, 7) is 0. The first kappa shape index (κ1) is 21.3. The minimum atomic E-state index is -1.41. The Morgan fingerprint density at radius 1 is 0.694 bits per heavy atom. The van der Waals surface area contributed by atoms with E-state index in [1.165, 1.54) is 11.8 Å². The van der Waals surface area contributed by atoms with Gasteiger partial charge in [-0.05, 0) is 17.7 Å². The number of anilines is 1. The van der Waals surface area contributed by atoms with Crippen LogP contribution in [0.4, 0.5) is 5.69 Å². The Balaban J connectivity index is 1.54. The van der Waals surface area contributed by atoms with E-state index in [9.17, 15) is 14.4 Å². The van der Waals surface area contributed by atoms with Crippen LogP contribution in [0.5, 0.6) is 0 Å². The molecule has 0 amide bonds. The van der Waals surface area contributed by atoms with E-state index in [0.29, 0.717) is 16.7 Å². The number of hydrogen-bond acceptors (Lipinski definition) is 5. The van der Waals surface area contributed by atoms with Crippen molar-refractivity contribution in [3.8, 4) is 0 Å². The molecule has 1 fully saturated rings. The van der Waals surface area contributed by atoms with Crippen molar-refractivity contribution in [1.29, 1.82) is 0 Å². The molecule has 0 N–H and O–H groups in total. The summed E-state index contributed by atoms with van der Waals surface area (Å²) >= 11 is 1.53. The van der Waals surface area contributed by atoms with Gasteiger partial charge in [-0.3, -0.25) is 14.4 Å². The molecule has 2 aliphatic heterocycles. The molecule has 4 aromatic rings. The average Bonchev–Trinajstić information content (AvgIpc) is 3.53. The standard InChI is InChI=1S/C31H21NO3S/c33-27(20-13-5-2-6-14-20)26-25(19-11-3-1-4-12-19)31(28(34)21-15-7-8-16-22(21)29(31)35)30-32(26)23-17-9-10-18-24(23)36-30/h1-18,25-26,30H/t25-,26-,30-/m0/s1. The third-order valence-corrected chi connectivity index (χ3v) is 9.20.